The third kappa shape index (κ3) is 3.51. The Morgan fingerprint density at radius 2 is 1.82 bits per heavy atom. The Kier molecular flexibility index (Phi) is 4.78. The molecule has 166 valence electrons. The molecule has 1 unspecified atom stereocenters. The van der Waals surface area contributed by atoms with Crippen molar-refractivity contribution in [1.29, 1.82) is 0 Å². The van der Waals surface area contributed by atoms with Gasteiger partial charge in [0.05, 0.1) is 29.2 Å². The molecule has 2 saturated heterocycles. The first kappa shape index (κ1) is 19.8. The maximum absolute atomic E-state index is 13.7. The lowest BCUT2D eigenvalue weighted by molar-refractivity contribution is 0.0748. The number of aryl methyl sites for hydroxylation is 1. The number of hydrogen-bond acceptors (Lipinski definition) is 6. The van der Waals surface area contributed by atoms with Gasteiger partial charge in [-0.15, -0.1) is 0 Å². The first-order chi connectivity index (χ1) is 16.2. The van der Waals surface area contributed by atoms with Crippen LogP contribution < -0.4 is 4.90 Å². The maximum atomic E-state index is 13.7. The topological polar surface area (TPSA) is 80.0 Å². The van der Waals surface area contributed by atoms with E-state index in [1.165, 1.54) is 4.80 Å². The van der Waals surface area contributed by atoms with Gasteiger partial charge in [0.1, 0.15) is 0 Å². The number of hydrogen-bond donors (Lipinski definition) is 0. The number of likely N-dealkylation sites (tertiary alicyclic amines) is 1. The minimum atomic E-state index is 0.0259. The maximum Gasteiger partial charge on any atom is 0.256 e. The summed E-state index contributed by atoms with van der Waals surface area (Å²) >= 11 is 0. The van der Waals surface area contributed by atoms with E-state index in [0.717, 1.165) is 41.7 Å². The molecule has 2 fully saturated rings. The van der Waals surface area contributed by atoms with E-state index in [9.17, 15) is 4.79 Å². The number of carbonyl (C=O) groups excluding carboxylic acids is 1. The van der Waals surface area contributed by atoms with Crippen LogP contribution in [0.4, 0.5) is 5.95 Å². The van der Waals surface area contributed by atoms with Crippen molar-refractivity contribution in [3.8, 4) is 5.69 Å². The fourth-order valence-corrected chi connectivity index (χ4v) is 5.18. The highest BCUT2D eigenvalue weighted by molar-refractivity contribution is 5.98. The third-order valence-electron chi connectivity index (χ3n) is 6.79. The van der Waals surface area contributed by atoms with E-state index in [1.807, 2.05) is 60.5 Å². The molecule has 0 N–H and O–H groups in total. The van der Waals surface area contributed by atoms with Crippen LogP contribution in [0.5, 0.6) is 0 Å². The van der Waals surface area contributed by atoms with Crippen LogP contribution in [0.3, 0.4) is 0 Å². The van der Waals surface area contributed by atoms with E-state index in [1.54, 1.807) is 12.4 Å². The molecule has 0 saturated carbocycles. The number of amides is 1. The summed E-state index contributed by atoms with van der Waals surface area (Å²) in [5, 5.41) is 9.54. The van der Waals surface area contributed by atoms with Crippen LogP contribution in [0.25, 0.3) is 16.6 Å². The van der Waals surface area contributed by atoms with E-state index in [4.69, 9.17) is 9.97 Å². The Morgan fingerprint density at radius 3 is 2.70 bits per heavy atom. The smallest absolute Gasteiger partial charge is 0.256 e. The molecule has 2 aliphatic heterocycles. The lowest BCUT2D eigenvalue weighted by atomic mass is 10.1. The van der Waals surface area contributed by atoms with Gasteiger partial charge in [0.2, 0.25) is 5.95 Å². The number of carbonyl (C=O) groups is 1. The van der Waals surface area contributed by atoms with E-state index in [0.29, 0.717) is 30.4 Å². The zero-order chi connectivity index (χ0) is 22.4. The average Bonchev–Trinajstić information content (AvgIpc) is 3.46. The van der Waals surface area contributed by atoms with Gasteiger partial charge in [0, 0.05) is 36.8 Å². The Hall–Kier alpha value is -3.81. The van der Waals surface area contributed by atoms with Crippen LogP contribution in [0.15, 0.2) is 61.1 Å². The Bertz CT molecular complexity index is 1320. The van der Waals surface area contributed by atoms with Crippen LogP contribution in [0.1, 0.15) is 35.2 Å². The van der Waals surface area contributed by atoms with E-state index < -0.39 is 0 Å². The van der Waals surface area contributed by atoms with Crippen LogP contribution in [0.2, 0.25) is 0 Å². The summed E-state index contributed by atoms with van der Waals surface area (Å²) < 4.78 is 0. The zero-order valence-electron chi connectivity index (χ0n) is 18.5. The molecule has 2 aliphatic rings. The number of aromatic nitrogens is 5. The van der Waals surface area contributed by atoms with Crippen LogP contribution in [-0.2, 0) is 0 Å². The Balaban J connectivity index is 1.31. The molecular weight excluding hydrogens is 414 g/mol. The molecule has 8 nitrogen and oxygen atoms in total. The minimum Gasteiger partial charge on any atom is -0.336 e. The molecule has 2 aromatic heterocycles. The molecule has 2 aromatic carbocycles. The number of para-hydroxylation sites is 1. The monoisotopic (exact) mass is 439 g/mol. The number of benzene rings is 2. The standard InChI is InChI=1S/C25H25N7O/c1-17-6-9-23(32-27-11-12-28-32)21(14-17)24(33)30-13-10-19-7-8-20(16-30)31(19)25-26-15-18-4-2-3-5-22(18)29-25/h2-6,9,11-12,14-15,19-20H,7-8,10,13,16H2,1H3/t19?,20-/m1/s1. The van der Waals surface area contributed by atoms with E-state index in [2.05, 4.69) is 15.1 Å². The lowest BCUT2D eigenvalue weighted by Gasteiger charge is -2.29. The molecule has 0 aliphatic carbocycles. The van der Waals surface area contributed by atoms with Gasteiger partial charge in [0.15, 0.2) is 0 Å². The minimum absolute atomic E-state index is 0.0259. The molecular formula is C25H25N7O. The summed E-state index contributed by atoms with van der Waals surface area (Å²) in [7, 11) is 0. The van der Waals surface area contributed by atoms with Gasteiger partial charge in [-0.3, -0.25) is 4.79 Å². The van der Waals surface area contributed by atoms with Gasteiger partial charge in [-0.05, 0) is 44.4 Å². The van der Waals surface area contributed by atoms with Gasteiger partial charge in [-0.2, -0.15) is 15.0 Å². The molecule has 4 aromatic rings. The number of rotatable bonds is 3. The molecule has 6 rings (SSSR count). The predicted molar refractivity (Wildman–Crippen MR) is 125 cm³/mol. The Labute approximate surface area is 191 Å². The molecule has 33 heavy (non-hydrogen) atoms. The SMILES string of the molecule is Cc1ccc(-n2nccn2)c(C(=O)N2CCC3CC[C@H](C2)N3c2ncc3ccccc3n2)c1. The van der Waals surface area contributed by atoms with Crippen molar-refractivity contribution >= 4 is 22.8 Å². The largest absolute Gasteiger partial charge is 0.336 e. The van der Waals surface area contributed by atoms with Gasteiger partial charge < -0.3 is 9.80 Å². The third-order valence-corrected chi connectivity index (χ3v) is 6.79. The number of anilines is 1. The summed E-state index contributed by atoms with van der Waals surface area (Å²) in [5.74, 6) is 0.797. The van der Waals surface area contributed by atoms with Crippen LogP contribution in [0, 0.1) is 6.92 Å². The second-order valence-corrected chi connectivity index (χ2v) is 8.90. The highest BCUT2D eigenvalue weighted by Crippen LogP contribution is 2.34. The van der Waals surface area contributed by atoms with Crippen LogP contribution >= 0.6 is 0 Å². The second-order valence-electron chi connectivity index (χ2n) is 8.90. The highest BCUT2D eigenvalue weighted by atomic mass is 16.2. The quantitative estimate of drug-likeness (QED) is 0.487. The molecule has 2 bridgehead atoms. The molecule has 8 heteroatoms. The molecule has 4 heterocycles. The number of nitrogens with zero attached hydrogens (tertiary/aromatic N) is 7. The predicted octanol–water partition coefficient (Wildman–Crippen LogP) is 3.40. The normalized spacial score (nSPS) is 20.3. The summed E-state index contributed by atoms with van der Waals surface area (Å²) in [6.07, 6.45) is 8.20. The molecule has 1 amide bonds. The fourth-order valence-electron chi connectivity index (χ4n) is 5.18. The van der Waals surface area contributed by atoms with E-state index in [-0.39, 0.29) is 11.9 Å². The molecule has 0 spiro atoms. The highest BCUT2D eigenvalue weighted by Gasteiger charge is 2.40. The second kappa shape index (κ2) is 7.95. The van der Waals surface area contributed by atoms with E-state index >= 15 is 0 Å². The first-order valence-corrected chi connectivity index (χ1v) is 11.4. The van der Waals surface area contributed by atoms with Crippen molar-refractivity contribution in [3.05, 3.63) is 72.2 Å². The summed E-state index contributed by atoms with van der Waals surface area (Å²) in [6.45, 7) is 3.37. The van der Waals surface area contributed by atoms with Crippen molar-refractivity contribution in [2.45, 2.75) is 38.3 Å². The molecule has 0 radical (unpaired) electrons. The van der Waals surface area contributed by atoms with Crippen LogP contribution in [-0.4, -0.2) is 60.9 Å². The van der Waals surface area contributed by atoms with Crippen molar-refractivity contribution in [2.24, 2.45) is 0 Å². The van der Waals surface area contributed by atoms with Crippen molar-refractivity contribution < 1.29 is 4.79 Å². The first-order valence-electron chi connectivity index (χ1n) is 11.4. The summed E-state index contributed by atoms with van der Waals surface area (Å²) in [5.41, 5.74) is 3.34. The summed E-state index contributed by atoms with van der Waals surface area (Å²) in [4.78, 5) is 29.1. The van der Waals surface area contributed by atoms with Crippen molar-refractivity contribution in [2.75, 3.05) is 18.0 Å². The van der Waals surface area contributed by atoms with Crippen molar-refractivity contribution in [3.63, 3.8) is 0 Å². The average molecular weight is 440 g/mol. The fraction of sp³-hybridized carbons (Fsp3) is 0.320. The van der Waals surface area contributed by atoms with Gasteiger partial charge in [0.25, 0.3) is 5.91 Å². The van der Waals surface area contributed by atoms with Gasteiger partial charge in [-0.25, -0.2) is 9.97 Å². The zero-order valence-corrected chi connectivity index (χ0v) is 18.5. The Morgan fingerprint density at radius 1 is 1.00 bits per heavy atom. The van der Waals surface area contributed by atoms with Gasteiger partial charge >= 0.3 is 0 Å². The van der Waals surface area contributed by atoms with Crippen molar-refractivity contribution in [1.82, 2.24) is 29.9 Å². The van der Waals surface area contributed by atoms with Gasteiger partial charge in [-0.1, -0.05) is 29.8 Å². The number of fused-ring (bicyclic) bond motifs is 3. The molecule has 2 atom stereocenters. The lowest BCUT2D eigenvalue weighted by Crippen LogP contribution is -2.42. The summed E-state index contributed by atoms with van der Waals surface area (Å²) in [6, 6.07) is 14.5.